The molecule has 0 spiro atoms. The average molecular weight is 418 g/mol. The zero-order chi connectivity index (χ0) is 21.6. The molecule has 4 rings (SSSR count). The molecule has 1 aliphatic rings. The first-order chi connectivity index (χ1) is 15.1. The molecule has 158 valence electrons. The molecule has 1 saturated heterocycles. The van der Waals surface area contributed by atoms with Gasteiger partial charge in [0.1, 0.15) is 17.4 Å². The SMILES string of the molecule is N#Cc1cnn(-c2ccccc2)c1NC(=O)CN1CCCN(c2ccc(F)cc2)CC1. The molecule has 8 heteroatoms. The molecule has 0 unspecified atom stereocenters. The number of nitrogens with zero attached hydrogens (tertiary/aromatic N) is 5. The monoisotopic (exact) mass is 418 g/mol. The molecule has 0 aliphatic carbocycles. The smallest absolute Gasteiger partial charge is 0.239 e. The molecule has 3 aromatic rings. The summed E-state index contributed by atoms with van der Waals surface area (Å²) >= 11 is 0. The molecule has 0 radical (unpaired) electrons. The second-order valence-electron chi connectivity index (χ2n) is 7.41. The molecule has 1 fully saturated rings. The highest BCUT2D eigenvalue weighted by Gasteiger charge is 2.20. The minimum Gasteiger partial charge on any atom is -0.370 e. The second kappa shape index (κ2) is 9.41. The maximum atomic E-state index is 13.2. The zero-order valence-corrected chi connectivity index (χ0v) is 17.0. The van der Waals surface area contributed by atoms with Gasteiger partial charge in [0.15, 0.2) is 5.82 Å². The van der Waals surface area contributed by atoms with Gasteiger partial charge in [0.05, 0.1) is 18.4 Å². The normalized spacial score (nSPS) is 14.6. The van der Waals surface area contributed by atoms with Gasteiger partial charge in [-0.15, -0.1) is 0 Å². The molecule has 2 heterocycles. The Bertz CT molecular complexity index is 1070. The Morgan fingerprint density at radius 2 is 1.81 bits per heavy atom. The van der Waals surface area contributed by atoms with E-state index in [0.717, 1.165) is 37.4 Å². The zero-order valence-electron chi connectivity index (χ0n) is 17.0. The van der Waals surface area contributed by atoms with Crippen LogP contribution in [0.4, 0.5) is 15.9 Å². The first-order valence-corrected chi connectivity index (χ1v) is 10.2. The number of rotatable bonds is 5. The van der Waals surface area contributed by atoms with Crippen LogP contribution < -0.4 is 10.2 Å². The lowest BCUT2D eigenvalue weighted by Gasteiger charge is -2.23. The molecule has 0 bridgehead atoms. The molecule has 1 aromatic heterocycles. The summed E-state index contributed by atoms with van der Waals surface area (Å²) < 4.78 is 14.8. The highest BCUT2D eigenvalue weighted by molar-refractivity contribution is 5.93. The molecular formula is C23H23FN6O. The highest BCUT2D eigenvalue weighted by atomic mass is 19.1. The van der Waals surface area contributed by atoms with Gasteiger partial charge in [-0.25, -0.2) is 9.07 Å². The van der Waals surface area contributed by atoms with Gasteiger partial charge >= 0.3 is 0 Å². The van der Waals surface area contributed by atoms with E-state index in [1.165, 1.54) is 18.3 Å². The van der Waals surface area contributed by atoms with Crippen LogP contribution in [0.5, 0.6) is 0 Å². The number of halogens is 1. The van der Waals surface area contributed by atoms with Gasteiger partial charge in [-0.2, -0.15) is 10.4 Å². The Kier molecular flexibility index (Phi) is 6.24. The predicted octanol–water partition coefficient (Wildman–Crippen LogP) is 3.03. The molecular weight excluding hydrogens is 395 g/mol. The number of para-hydroxylation sites is 1. The van der Waals surface area contributed by atoms with Crippen LogP contribution in [-0.2, 0) is 4.79 Å². The van der Waals surface area contributed by atoms with E-state index >= 15 is 0 Å². The molecule has 1 amide bonds. The van der Waals surface area contributed by atoms with Crippen molar-refractivity contribution in [1.82, 2.24) is 14.7 Å². The predicted molar refractivity (Wildman–Crippen MR) is 117 cm³/mol. The number of nitriles is 1. The first-order valence-electron chi connectivity index (χ1n) is 10.2. The van der Waals surface area contributed by atoms with Crippen molar-refractivity contribution < 1.29 is 9.18 Å². The fraction of sp³-hybridized carbons (Fsp3) is 0.261. The van der Waals surface area contributed by atoms with Crippen LogP contribution in [0.15, 0.2) is 60.8 Å². The summed E-state index contributed by atoms with van der Waals surface area (Å²) in [5, 5.41) is 16.5. The van der Waals surface area contributed by atoms with E-state index in [0.29, 0.717) is 17.9 Å². The van der Waals surface area contributed by atoms with Gasteiger partial charge in [-0.3, -0.25) is 9.69 Å². The molecule has 31 heavy (non-hydrogen) atoms. The third kappa shape index (κ3) is 4.90. The summed E-state index contributed by atoms with van der Waals surface area (Å²) in [6, 6.07) is 18.0. The Hall–Kier alpha value is -3.70. The minimum absolute atomic E-state index is 0.190. The summed E-state index contributed by atoms with van der Waals surface area (Å²) in [7, 11) is 0. The van der Waals surface area contributed by atoms with Crippen molar-refractivity contribution in [3.8, 4) is 11.8 Å². The third-order valence-corrected chi connectivity index (χ3v) is 5.30. The lowest BCUT2D eigenvalue weighted by Crippen LogP contribution is -2.36. The highest BCUT2D eigenvalue weighted by Crippen LogP contribution is 2.20. The van der Waals surface area contributed by atoms with Crippen molar-refractivity contribution in [2.75, 3.05) is 42.9 Å². The molecule has 7 nitrogen and oxygen atoms in total. The van der Waals surface area contributed by atoms with Crippen LogP contribution in [0, 0.1) is 17.1 Å². The fourth-order valence-corrected chi connectivity index (χ4v) is 3.73. The largest absolute Gasteiger partial charge is 0.370 e. The van der Waals surface area contributed by atoms with Crippen molar-refractivity contribution in [3.05, 3.63) is 72.2 Å². The van der Waals surface area contributed by atoms with Crippen molar-refractivity contribution in [1.29, 1.82) is 5.26 Å². The van der Waals surface area contributed by atoms with Gasteiger partial charge in [-0.1, -0.05) is 18.2 Å². The van der Waals surface area contributed by atoms with E-state index in [1.54, 1.807) is 16.8 Å². The van der Waals surface area contributed by atoms with Crippen molar-refractivity contribution in [2.45, 2.75) is 6.42 Å². The van der Waals surface area contributed by atoms with Crippen LogP contribution in [0.3, 0.4) is 0 Å². The van der Waals surface area contributed by atoms with Gasteiger partial charge in [0, 0.05) is 31.9 Å². The lowest BCUT2D eigenvalue weighted by molar-refractivity contribution is -0.117. The lowest BCUT2D eigenvalue weighted by atomic mass is 10.2. The van der Waals surface area contributed by atoms with Crippen molar-refractivity contribution in [3.63, 3.8) is 0 Å². The Morgan fingerprint density at radius 1 is 1.03 bits per heavy atom. The van der Waals surface area contributed by atoms with Gasteiger partial charge in [0.25, 0.3) is 0 Å². The van der Waals surface area contributed by atoms with Gasteiger partial charge < -0.3 is 10.2 Å². The van der Waals surface area contributed by atoms with Crippen molar-refractivity contribution >= 4 is 17.4 Å². The number of amides is 1. The van der Waals surface area contributed by atoms with Crippen LogP contribution in [0.1, 0.15) is 12.0 Å². The van der Waals surface area contributed by atoms with Crippen LogP contribution in [-0.4, -0.2) is 53.3 Å². The molecule has 0 atom stereocenters. The Morgan fingerprint density at radius 3 is 2.55 bits per heavy atom. The van der Waals surface area contributed by atoms with E-state index in [1.807, 2.05) is 30.3 Å². The molecule has 0 saturated carbocycles. The maximum absolute atomic E-state index is 13.2. The first kappa shape index (κ1) is 20.6. The topological polar surface area (TPSA) is 77.2 Å². The summed E-state index contributed by atoms with van der Waals surface area (Å²) in [6.07, 6.45) is 2.35. The minimum atomic E-state index is -0.247. The van der Waals surface area contributed by atoms with E-state index in [-0.39, 0.29) is 18.3 Å². The fourth-order valence-electron chi connectivity index (χ4n) is 3.73. The Balaban J connectivity index is 1.40. The van der Waals surface area contributed by atoms with Crippen molar-refractivity contribution in [2.24, 2.45) is 0 Å². The number of aromatic nitrogens is 2. The molecule has 1 aliphatic heterocycles. The Labute approximate surface area is 180 Å². The van der Waals surface area contributed by atoms with E-state index in [4.69, 9.17) is 0 Å². The summed E-state index contributed by atoms with van der Waals surface area (Å²) in [5.74, 6) is -0.0609. The van der Waals surface area contributed by atoms with E-state index < -0.39 is 0 Å². The quantitative estimate of drug-likeness (QED) is 0.689. The molecule has 1 N–H and O–H groups in total. The number of hydrogen-bond acceptors (Lipinski definition) is 5. The number of carbonyl (C=O) groups excluding carboxylic acids is 1. The molecule has 2 aromatic carbocycles. The summed E-state index contributed by atoms with van der Waals surface area (Å²) in [6.45, 7) is 3.33. The average Bonchev–Trinajstić information content (AvgIpc) is 3.04. The number of nitrogens with one attached hydrogen (secondary N) is 1. The van der Waals surface area contributed by atoms with E-state index in [9.17, 15) is 14.4 Å². The summed E-state index contributed by atoms with van der Waals surface area (Å²) in [5.41, 5.74) is 2.07. The number of anilines is 2. The van der Waals surface area contributed by atoms with Crippen LogP contribution in [0.25, 0.3) is 5.69 Å². The summed E-state index contributed by atoms with van der Waals surface area (Å²) in [4.78, 5) is 17.1. The van der Waals surface area contributed by atoms with E-state index in [2.05, 4.69) is 26.3 Å². The number of carbonyl (C=O) groups is 1. The number of hydrogen-bond donors (Lipinski definition) is 1. The van der Waals surface area contributed by atoms with Gasteiger partial charge in [-0.05, 0) is 42.8 Å². The second-order valence-corrected chi connectivity index (χ2v) is 7.41. The van der Waals surface area contributed by atoms with Crippen LogP contribution in [0.2, 0.25) is 0 Å². The third-order valence-electron chi connectivity index (χ3n) is 5.30. The standard InChI is InChI=1S/C23H23FN6O/c24-19-7-9-20(10-8-19)29-12-4-11-28(13-14-29)17-22(31)27-23-18(15-25)16-26-30(23)21-5-2-1-3-6-21/h1-3,5-10,16H,4,11-14,17H2,(H,27,31). The van der Waals surface area contributed by atoms with Gasteiger partial charge in [0.2, 0.25) is 5.91 Å². The van der Waals surface area contributed by atoms with Crippen LogP contribution >= 0.6 is 0 Å². The number of benzene rings is 2. The maximum Gasteiger partial charge on any atom is 0.239 e.